The molecule has 1 aliphatic heterocycles. The fourth-order valence-corrected chi connectivity index (χ4v) is 1.78. The number of aromatic nitrogens is 4. The molecule has 0 radical (unpaired) electrons. The molecule has 0 amide bonds. The Morgan fingerprint density at radius 3 is 3.00 bits per heavy atom. The van der Waals surface area contributed by atoms with Gasteiger partial charge in [-0.05, 0) is 18.1 Å². The number of nitrogens with two attached hydrogens (primary N) is 1. The maximum Gasteiger partial charge on any atom is 0.182 e. The molecule has 88 valence electrons. The Balaban J connectivity index is 1.89. The second kappa shape index (κ2) is 4.67. The van der Waals surface area contributed by atoms with Crippen LogP contribution < -0.4 is 5.73 Å². The lowest BCUT2D eigenvalue weighted by molar-refractivity contribution is -0.129. The third-order valence-electron chi connectivity index (χ3n) is 2.61. The molecule has 0 spiro atoms. The van der Waals surface area contributed by atoms with Gasteiger partial charge in [0.15, 0.2) is 11.6 Å². The van der Waals surface area contributed by atoms with E-state index in [0.29, 0.717) is 12.4 Å². The normalized spacial score (nSPS) is 24.9. The topological polar surface area (TPSA) is 95.9 Å². The lowest BCUT2D eigenvalue weighted by atomic mass is 10.1. The predicted molar refractivity (Wildman–Crippen MR) is 54.5 cm³/mol. The van der Waals surface area contributed by atoms with Crippen LogP contribution in [0, 0.1) is 0 Å². The molecular weight excluding hydrogens is 210 g/mol. The van der Waals surface area contributed by atoms with Crippen LogP contribution in [0.3, 0.4) is 0 Å². The lowest BCUT2D eigenvalue weighted by Gasteiger charge is -2.09. The summed E-state index contributed by atoms with van der Waals surface area (Å²) in [6, 6.07) is 0. The third-order valence-corrected chi connectivity index (χ3v) is 2.61. The van der Waals surface area contributed by atoms with Crippen LogP contribution in [0.1, 0.15) is 18.7 Å². The van der Waals surface area contributed by atoms with Gasteiger partial charge in [0.1, 0.15) is 6.10 Å². The fourth-order valence-electron chi connectivity index (χ4n) is 1.78. The van der Waals surface area contributed by atoms with Gasteiger partial charge in [0.2, 0.25) is 0 Å². The quantitative estimate of drug-likeness (QED) is 0.693. The summed E-state index contributed by atoms with van der Waals surface area (Å²) < 4.78 is 5.49. The Morgan fingerprint density at radius 2 is 2.44 bits per heavy atom. The number of nitrogens with zero attached hydrogens (tertiary/aromatic N) is 4. The average molecular weight is 225 g/mol. The van der Waals surface area contributed by atoms with Gasteiger partial charge in [0.05, 0.1) is 19.6 Å². The number of aryl methyl sites for hydroxylation is 1. The number of rotatable bonds is 4. The first-order chi connectivity index (χ1) is 7.69. The van der Waals surface area contributed by atoms with Gasteiger partial charge in [0.25, 0.3) is 0 Å². The van der Waals surface area contributed by atoms with Crippen molar-refractivity contribution in [3.05, 3.63) is 5.82 Å². The van der Waals surface area contributed by atoms with Crippen molar-refractivity contribution in [2.24, 2.45) is 12.8 Å². The molecule has 1 fully saturated rings. The van der Waals surface area contributed by atoms with Crippen LogP contribution in [-0.2, 0) is 23.0 Å². The van der Waals surface area contributed by atoms with E-state index in [2.05, 4.69) is 15.4 Å². The van der Waals surface area contributed by atoms with E-state index >= 15 is 0 Å². The molecule has 7 heteroatoms. The summed E-state index contributed by atoms with van der Waals surface area (Å²) in [7, 11) is 1.66. The molecule has 2 atom stereocenters. The summed E-state index contributed by atoms with van der Waals surface area (Å²) in [5.41, 5.74) is 5.48. The molecule has 2 unspecified atom stereocenters. The predicted octanol–water partition coefficient (Wildman–Crippen LogP) is -1.17. The van der Waals surface area contributed by atoms with Crippen molar-refractivity contribution in [1.29, 1.82) is 0 Å². The van der Waals surface area contributed by atoms with Crippen molar-refractivity contribution in [2.45, 2.75) is 31.5 Å². The highest BCUT2D eigenvalue weighted by Crippen LogP contribution is 2.20. The van der Waals surface area contributed by atoms with E-state index in [1.807, 2.05) is 0 Å². The molecule has 0 saturated carbocycles. The number of Topliss-reactive ketones (excluding diaryl/α,β-unsaturated/α-hetero) is 1. The van der Waals surface area contributed by atoms with Gasteiger partial charge in [-0.2, -0.15) is 4.80 Å². The van der Waals surface area contributed by atoms with Gasteiger partial charge in [-0.1, -0.05) is 0 Å². The van der Waals surface area contributed by atoms with Crippen LogP contribution in [-0.4, -0.2) is 44.7 Å². The minimum absolute atomic E-state index is 0.00366. The highest BCUT2D eigenvalue weighted by molar-refractivity contribution is 5.84. The number of carbonyl (C=O) groups is 1. The van der Waals surface area contributed by atoms with Gasteiger partial charge in [-0.25, -0.2) is 0 Å². The van der Waals surface area contributed by atoms with E-state index in [9.17, 15) is 4.79 Å². The molecular formula is C9H15N5O2. The molecule has 2 N–H and O–H groups in total. The largest absolute Gasteiger partial charge is 0.366 e. The minimum atomic E-state index is -0.350. The van der Waals surface area contributed by atoms with Crippen LogP contribution in [0.5, 0.6) is 0 Å². The second-order valence-electron chi connectivity index (χ2n) is 3.90. The molecule has 0 aromatic carbocycles. The molecule has 1 aromatic rings. The summed E-state index contributed by atoms with van der Waals surface area (Å²) in [4.78, 5) is 13.1. The van der Waals surface area contributed by atoms with Crippen LogP contribution >= 0.6 is 0 Å². The summed E-state index contributed by atoms with van der Waals surface area (Å²) in [5.74, 6) is 0.441. The SMILES string of the molecule is Cn1nnc(CC(=O)C2CCC(CN)O2)n1. The van der Waals surface area contributed by atoms with Crippen molar-refractivity contribution in [3.63, 3.8) is 0 Å². The summed E-state index contributed by atoms with van der Waals surface area (Å²) in [5, 5.41) is 11.4. The molecule has 1 aliphatic rings. The Bertz CT molecular complexity index is 378. The van der Waals surface area contributed by atoms with Gasteiger partial charge in [0, 0.05) is 6.54 Å². The second-order valence-corrected chi connectivity index (χ2v) is 3.90. The molecule has 2 rings (SSSR count). The van der Waals surface area contributed by atoms with Crippen LogP contribution in [0.4, 0.5) is 0 Å². The Morgan fingerprint density at radius 1 is 1.62 bits per heavy atom. The van der Waals surface area contributed by atoms with E-state index in [-0.39, 0.29) is 24.4 Å². The number of ketones is 1. The average Bonchev–Trinajstić information content (AvgIpc) is 2.87. The van der Waals surface area contributed by atoms with Gasteiger partial charge >= 0.3 is 0 Å². The van der Waals surface area contributed by atoms with Crippen molar-refractivity contribution in [2.75, 3.05) is 6.54 Å². The molecule has 2 heterocycles. The molecule has 0 bridgehead atoms. The summed E-state index contributed by atoms with van der Waals surface area (Å²) in [6.45, 7) is 0.465. The smallest absolute Gasteiger partial charge is 0.182 e. The number of tetrazole rings is 1. The first kappa shape index (κ1) is 11.2. The maximum atomic E-state index is 11.8. The van der Waals surface area contributed by atoms with E-state index in [1.165, 1.54) is 4.80 Å². The standard InChI is InChI=1S/C9H15N5O2/c1-14-12-9(11-13-14)4-7(15)8-3-2-6(5-10)16-8/h6,8H,2-5,10H2,1H3. The van der Waals surface area contributed by atoms with Gasteiger partial charge in [-0.15, -0.1) is 10.2 Å². The number of carbonyl (C=O) groups excluding carboxylic acids is 1. The maximum absolute atomic E-state index is 11.8. The molecule has 7 nitrogen and oxygen atoms in total. The fraction of sp³-hybridized carbons (Fsp3) is 0.778. The van der Waals surface area contributed by atoms with E-state index in [4.69, 9.17) is 10.5 Å². The zero-order chi connectivity index (χ0) is 11.5. The van der Waals surface area contributed by atoms with Crippen molar-refractivity contribution in [3.8, 4) is 0 Å². The Labute approximate surface area is 92.9 Å². The third kappa shape index (κ3) is 2.42. The first-order valence-electron chi connectivity index (χ1n) is 5.30. The number of ether oxygens (including phenoxy) is 1. The zero-order valence-electron chi connectivity index (χ0n) is 9.17. The molecule has 1 saturated heterocycles. The van der Waals surface area contributed by atoms with Crippen molar-refractivity contribution < 1.29 is 9.53 Å². The number of hydrogen-bond acceptors (Lipinski definition) is 6. The van der Waals surface area contributed by atoms with E-state index < -0.39 is 0 Å². The van der Waals surface area contributed by atoms with Crippen LogP contribution in [0.15, 0.2) is 0 Å². The van der Waals surface area contributed by atoms with Gasteiger partial charge in [-0.3, -0.25) is 4.79 Å². The molecule has 0 aliphatic carbocycles. The van der Waals surface area contributed by atoms with E-state index in [0.717, 1.165) is 12.8 Å². The summed E-state index contributed by atoms with van der Waals surface area (Å²) in [6.07, 6.45) is 1.43. The van der Waals surface area contributed by atoms with Gasteiger partial charge < -0.3 is 10.5 Å². The Hall–Kier alpha value is -1.34. The Kier molecular flexibility index (Phi) is 3.25. The highest BCUT2D eigenvalue weighted by atomic mass is 16.5. The molecule has 16 heavy (non-hydrogen) atoms. The monoisotopic (exact) mass is 225 g/mol. The highest BCUT2D eigenvalue weighted by Gasteiger charge is 2.30. The summed E-state index contributed by atoms with van der Waals surface area (Å²) >= 11 is 0. The zero-order valence-corrected chi connectivity index (χ0v) is 9.17. The van der Waals surface area contributed by atoms with Crippen molar-refractivity contribution in [1.82, 2.24) is 20.2 Å². The number of hydrogen-bond donors (Lipinski definition) is 1. The molecule has 1 aromatic heterocycles. The minimum Gasteiger partial charge on any atom is -0.366 e. The van der Waals surface area contributed by atoms with Crippen LogP contribution in [0.25, 0.3) is 0 Å². The van der Waals surface area contributed by atoms with Crippen molar-refractivity contribution >= 4 is 5.78 Å². The lowest BCUT2D eigenvalue weighted by Crippen LogP contribution is -2.26. The van der Waals surface area contributed by atoms with E-state index in [1.54, 1.807) is 7.05 Å². The van der Waals surface area contributed by atoms with Crippen LogP contribution in [0.2, 0.25) is 0 Å². The first-order valence-corrected chi connectivity index (χ1v) is 5.30.